The van der Waals surface area contributed by atoms with Gasteiger partial charge in [0.05, 0.1) is 0 Å². The lowest BCUT2D eigenvalue weighted by molar-refractivity contribution is 0.494. The van der Waals surface area contributed by atoms with Gasteiger partial charge in [0.15, 0.2) is 17.5 Å². The van der Waals surface area contributed by atoms with Crippen LogP contribution in [0.3, 0.4) is 0 Å². The minimum atomic E-state index is -1.95. The van der Waals surface area contributed by atoms with Crippen molar-refractivity contribution in [1.29, 1.82) is 0 Å². The summed E-state index contributed by atoms with van der Waals surface area (Å²) in [5.41, 5.74) is 0.624. The van der Waals surface area contributed by atoms with Crippen molar-refractivity contribution in [2.24, 2.45) is 0 Å². The molecule has 35 heavy (non-hydrogen) atoms. The fourth-order valence-electron chi connectivity index (χ4n) is 3.71. The normalized spacial score (nSPS) is 12.3. The van der Waals surface area contributed by atoms with Gasteiger partial charge in [-0.2, -0.15) is 0 Å². The molecule has 0 spiro atoms. The van der Waals surface area contributed by atoms with Gasteiger partial charge >= 0.3 is 0 Å². The summed E-state index contributed by atoms with van der Waals surface area (Å²) in [6.07, 6.45) is 0. The molecule has 0 aliphatic heterocycles. The summed E-state index contributed by atoms with van der Waals surface area (Å²) in [4.78, 5) is 12.8. The minimum Gasteiger partial charge on any atom is -0.456 e. The van der Waals surface area contributed by atoms with Crippen molar-refractivity contribution < 1.29 is 4.74 Å². The number of hydrogen-bond acceptors (Lipinski definition) is 4. The van der Waals surface area contributed by atoms with E-state index in [0.29, 0.717) is 11.3 Å². The van der Waals surface area contributed by atoms with Gasteiger partial charge in [-0.3, -0.25) is 0 Å². The third kappa shape index (κ3) is 5.10. The third-order valence-corrected chi connectivity index (χ3v) is 6.25. The van der Waals surface area contributed by atoms with Gasteiger partial charge in [-0.05, 0) is 29.0 Å². The fourth-order valence-corrected chi connectivity index (χ4v) is 4.22. The number of ether oxygens (including phenoxy) is 1. The Bertz CT molecular complexity index is 1530. The standard InChI is InChI=1S/C25H13Cl6N3O/c26-24(27,28)22-32-21(33-23(34-22)25(29,30)31)18-12-13-20(17-10-4-3-9-16(17)18)35-19-11-5-7-14-6-1-2-8-15(14)19/h1-13H. The summed E-state index contributed by atoms with van der Waals surface area (Å²) in [5, 5.41) is 3.70. The molecule has 0 aliphatic rings. The highest BCUT2D eigenvalue weighted by Gasteiger charge is 2.34. The van der Waals surface area contributed by atoms with Crippen molar-refractivity contribution in [3.05, 3.63) is 90.5 Å². The maximum Gasteiger partial charge on any atom is 0.250 e. The molecule has 0 bridgehead atoms. The second-order valence-corrected chi connectivity index (χ2v) is 12.1. The highest BCUT2D eigenvalue weighted by molar-refractivity contribution is 6.67. The second kappa shape index (κ2) is 9.44. The smallest absolute Gasteiger partial charge is 0.250 e. The molecule has 4 aromatic carbocycles. The monoisotopic (exact) mass is 581 g/mol. The average Bonchev–Trinajstić information content (AvgIpc) is 2.83. The molecule has 1 heterocycles. The van der Waals surface area contributed by atoms with Gasteiger partial charge in [0.1, 0.15) is 11.5 Å². The lowest BCUT2D eigenvalue weighted by atomic mass is 10.0. The number of aromatic nitrogens is 3. The van der Waals surface area contributed by atoms with Crippen molar-refractivity contribution in [1.82, 2.24) is 15.0 Å². The highest BCUT2D eigenvalue weighted by atomic mass is 35.6. The van der Waals surface area contributed by atoms with Crippen molar-refractivity contribution in [2.75, 3.05) is 0 Å². The lowest BCUT2D eigenvalue weighted by Gasteiger charge is -2.17. The van der Waals surface area contributed by atoms with Crippen molar-refractivity contribution >= 4 is 91.2 Å². The Balaban J connectivity index is 1.68. The van der Waals surface area contributed by atoms with Crippen LogP contribution in [0.25, 0.3) is 32.9 Å². The van der Waals surface area contributed by atoms with Crippen LogP contribution in [0.15, 0.2) is 78.9 Å². The molecule has 0 radical (unpaired) electrons. The number of benzene rings is 4. The first-order chi connectivity index (χ1) is 16.6. The number of fused-ring (bicyclic) bond motifs is 2. The van der Waals surface area contributed by atoms with E-state index in [9.17, 15) is 0 Å². The summed E-state index contributed by atoms with van der Waals surface area (Å²) in [6, 6.07) is 25.2. The average molecular weight is 584 g/mol. The Morgan fingerprint density at radius 2 is 1.06 bits per heavy atom. The van der Waals surface area contributed by atoms with Gasteiger partial charge in [-0.15, -0.1) is 0 Å². The van der Waals surface area contributed by atoms with E-state index in [2.05, 4.69) is 15.0 Å². The molecule has 0 aliphatic carbocycles. The van der Waals surface area contributed by atoms with E-state index >= 15 is 0 Å². The van der Waals surface area contributed by atoms with Gasteiger partial charge in [-0.1, -0.05) is 130 Å². The number of halogens is 6. The summed E-state index contributed by atoms with van der Waals surface area (Å²) in [6.45, 7) is 0. The largest absolute Gasteiger partial charge is 0.456 e. The van der Waals surface area contributed by atoms with Crippen molar-refractivity contribution in [2.45, 2.75) is 7.59 Å². The van der Waals surface area contributed by atoms with Crippen LogP contribution in [-0.4, -0.2) is 15.0 Å². The van der Waals surface area contributed by atoms with Gasteiger partial charge < -0.3 is 4.74 Å². The zero-order valence-electron chi connectivity index (χ0n) is 17.5. The van der Waals surface area contributed by atoms with Gasteiger partial charge in [0, 0.05) is 16.3 Å². The van der Waals surface area contributed by atoms with E-state index < -0.39 is 7.59 Å². The summed E-state index contributed by atoms with van der Waals surface area (Å²) >= 11 is 36.3. The third-order valence-electron chi connectivity index (χ3n) is 5.24. The zero-order chi connectivity index (χ0) is 24.8. The maximum absolute atomic E-state index is 6.37. The number of hydrogen-bond donors (Lipinski definition) is 0. The zero-order valence-corrected chi connectivity index (χ0v) is 22.1. The van der Waals surface area contributed by atoms with Crippen LogP contribution in [0.4, 0.5) is 0 Å². The van der Waals surface area contributed by atoms with Crippen LogP contribution in [0.2, 0.25) is 0 Å². The van der Waals surface area contributed by atoms with E-state index in [4.69, 9.17) is 74.3 Å². The molecule has 0 unspecified atom stereocenters. The first-order valence-corrected chi connectivity index (χ1v) is 12.5. The van der Waals surface area contributed by atoms with Crippen molar-refractivity contribution in [3.8, 4) is 22.9 Å². The summed E-state index contributed by atoms with van der Waals surface area (Å²) < 4.78 is 2.47. The molecule has 0 saturated carbocycles. The first kappa shape index (κ1) is 24.6. The maximum atomic E-state index is 6.37. The molecule has 0 atom stereocenters. The molecule has 5 rings (SSSR count). The molecular weight excluding hydrogens is 571 g/mol. The number of alkyl halides is 6. The van der Waals surface area contributed by atoms with Gasteiger partial charge in [-0.25, -0.2) is 15.0 Å². The Hall–Kier alpha value is -2.05. The molecule has 4 nitrogen and oxygen atoms in total. The molecule has 1 aromatic heterocycles. The topological polar surface area (TPSA) is 47.9 Å². The van der Waals surface area contributed by atoms with Gasteiger partial charge in [0.2, 0.25) is 7.59 Å². The lowest BCUT2D eigenvalue weighted by Crippen LogP contribution is -2.16. The van der Waals surface area contributed by atoms with Crippen LogP contribution in [-0.2, 0) is 7.59 Å². The summed E-state index contributed by atoms with van der Waals surface area (Å²) in [7, 11) is 0. The Morgan fingerprint density at radius 1 is 0.514 bits per heavy atom. The van der Waals surface area contributed by atoms with Crippen LogP contribution in [0, 0.1) is 0 Å². The van der Waals surface area contributed by atoms with Crippen LogP contribution in [0.1, 0.15) is 11.6 Å². The molecule has 0 saturated heterocycles. The fraction of sp³-hybridized carbons (Fsp3) is 0.0800. The summed E-state index contributed by atoms with van der Waals surface area (Å²) in [5.74, 6) is 1.26. The van der Waals surface area contributed by atoms with Crippen LogP contribution >= 0.6 is 69.6 Å². The predicted octanol–water partition coefficient (Wildman–Crippen LogP) is 9.29. The Kier molecular flexibility index (Phi) is 6.64. The van der Waals surface area contributed by atoms with E-state index in [1.807, 2.05) is 78.9 Å². The minimum absolute atomic E-state index is 0.158. The second-order valence-electron chi connectivity index (χ2n) is 7.54. The molecule has 0 amide bonds. The quantitative estimate of drug-likeness (QED) is 0.199. The molecular formula is C25H13Cl6N3O. The molecule has 0 fully saturated rings. The van der Waals surface area contributed by atoms with E-state index in [1.54, 1.807) is 0 Å². The Morgan fingerprint density at radius 3 is 1.71 bits per heavy atom. The van der Waals surface area contributed by atoms with Crippen LogP contribution in [0.5, 0.6) is 11.5 Å². The first-order valence-electron chi connectivity index (χ1n) is 10.2. The van der Waals surface area contributed by atoms with Gasteiger partial charge in [0.25, 0.3) is 0 Å². The SMILES string of the molecule is ClC(Cl)(Cl)c1nc(-c2ccc(Oc3cccc4ccccc34)c3ccccc23)nc(C(Cl)(Cl)Cl)n1. The van der Waals surface area contributed by atoms with E-state index in [1.165, 1.54) is 0 Å². The van der Waals surface area contributed by atoms with Crippen LogP contribution < -0.4 is 4.74 Å². The van der Waals surface area contributed by atoms with E-state index in [0.717, 1.165) is 27.3 Å². The molecule has 0 N–H and O–H groups in total. The van der Waals surface area contributed by atoms with E-state index in [-0.39, 0.29) is 17.5 Å². The Labute approximate surface area is 230 Å². The number of nitrogens with zero attached hydrogens (tertiary/aromatic N) is 3. The predicted molar refractivity (Wildman–Crippen MR) is 145 cm³/mol. The van der Waals surface area contributed by atoms with Crippen molar-refractivity contribution in [3.63, 3.8) is 0 Å². The highest BCUT2D eigenvalue weighted by Crippen LogP contribution is 2.42. The molecule has 176 valence electrons. The number of rotatable bonds is 3. The molecule has 5 aromatic rings. The molecule has 10 heteroatoms.